The molecule has 0 atom stereocenters. The van der Waals surface area contributed by atoms with Crippen molar-refractivity contribution in [1.29, 1.82) is 0 Å². The predicted molar refractivity (Wildman–Crippen MR) is 53.2 cm³/mol. The molecule has 0 radical (unpaired) electrons. The number of hydrogen-bond acceptors (Lipinski definition) is 1. The number of hydrogen-bond donors (Lipinski definition) is 0. The van der Waals surface area contributed by atoms with Crippen LogP contribution in [0, 0.1) is 13.0 Å². The van der Waals surface area contributed by atoms with Crippen molar-refractivity contribution in [2.24, 2.45) is 0 Å². The highest BCUT2D eigenvalue weighted by Gasteiger charge is 1.92. The molecule has 1 heteroatoms. The Labute approximate surface area is 78.1 Å². The second kappa shape index (κ2) is 3.40. The first kappa shape index (κ1) is 7.99. The Hall–Kier alpha value is -1.63. The van der Waals surface area contributed by atoms with E-state index in [1.165, 1.54) is 5.56 Å². The van der Waals surface area contributed by atoms with Crippen molar-refractivity contribution < 1.29 is 0 Å². The van der Waals surface area contributed by atoms with Crippen molar-refractivity contribution in [2.75, 3.05) is 0 Å². The summed E-state index contributed by atoms with van der Waals surface area (Å²) < 4.78 is 0. The van der Waals surface area contributed by atoms with Crippen molar-refractivity contribution in [3.05, 3.63) is 54.2 Å². The van der Waals surface area contributed by atoms with Crippen LogP contribution in [0.5, 0.6) is 0 Å². The zero-order chi connectivity index (χ0) is 9.10. The summed E-state index contributed by atoms with van der Waals surface area (Å²) in [5.74, 6) is 0. The molecular formula is C12H10N-. The summed E-state index contributed by atoms with van der Waals surface area (Å²) in [5.41, 5.74) is 3.26. The second-order valence-electron chi connectivity index (χ2n) is 2.95. The molecule has 1 heterocycles. The van der Waals surface area contributed by atoms with Crippen LogP contribution in [0.2, 0.25) is 0 Å². The van der Waals surface area contributed by atoms with Crippen LogP contribution in [-0.4, -0.2) is 4.98 Å². The Morgan fingerprint density at radius 2 is 2.08 bits per heavy atom. The third-order valence-corrected chi connectivity index (χ3v) is 1.97. The van der Waals surface area contributed by atoms with Gasteiger partial charge in [0, 0.05) is 6.20 Å². The molecule has 0 aliphatic carbocycles. The summed E-state index contributed by atoms with van der Waals surface area (Å²) in [6.07, 6.45) is 1.81. The van der Waals surface area contributed by atoms with Gasteiger partial charge in [-0.1, -0.05) is 11.6 Å². The lowest BCUT2D eigenvalue weighted by Crippen LogP contribution is -1.86. The molecule has 0 aliphatic heterocycles. The van der Waals surface area contributed by atoms with Gasteiger partial charge in [0.1, 0.15) is 0 Å². The zero-order valence-electron chi connectivity index (χ0n) is 7.49. The van der Waals surface area contributed by atoms with Gasteiger partial charge in [-0.2, -0.15) is 0 Å². The SMILES string of the molecule is Cc1cccnc1-c1[c-]cccc1. The van der Waals surface area contributed by atoms with Crippen LogP contribution in [-0.2, 0) is 0 Å². The fraction of sp³-hybridized carbons (Fsp3) is 0.0833. The normalized spacial score (nSPS) is 9.92. The van der Waals surface area contributed by atoms with Crippen LogP contribution in [0.4, 0.5) is 0 Å². The monoisotopic (exact) mass is 168 g/mol. The lowest BCUT2D eigenvalue weighted by molar-refractivity contribution is 1.27. The molecule has 0 N–H and O–H groups in total. The average molecular weight is 168 g/mol. The van der Waals surface area contributed by atoms with E-state index in [1.807, 2.05) is 36.5 Å². The van der Waals surface area contributed by atoms with Gasteiger partial charge >= 0.3 is 0 Å². The van der Waals surface area contributed by atoms with Crippen molar-refractivity contribution >= 4 is 0 Å². The summed E-state index contributed by atoms with van der Waals surface area (Å²) in [5, 5.41) is 0. The molecule has 0 saturated carbocycles. The van der Waals surface area contributed by atoms with Crippen molar-refractivity contribution in [2.45, 2.75) is 6.92 Å². The zero-order valence-corrected chi connectivity index (χ0v) is 7.49. The summed E-state index contributed by atoms with van der Waals surface area (Å²) in [6, 6.07) is 15.1. The van der Waals surface area contributed by atoms with Gasteiger partial charge < -0.3 is 4.98 Å². The van der Waals surface area contributed by atoms with E-state index in [9.17, 15) is 0 Å². The maximum Gasteiger partial charge on any atom is 0.0160 e. The molecule has 1 aromatic heterocycles. The van der Waals surface area contributed by atoms with E-state index in [0.717, 1.165) is 11.3 Å². The third-order valence-electron chi connectivity index (χ3n) is 1.97. The molecule has 0 fully saturated rings. The Kier molecular flexibility index (Phi) is 2.09. The van der Waals surface area contributed by atoms with Gasteiger partial charge in [0.25, 0.3) is 0 Å². The number of benzene rings is 1. The fourth-order valence-electron chi connectivity index (χ4n) is 1.31. The van der Waals surface area contributed by atoms with Crippen LogP contribution in [0.3, 0.4) is 0 Å². The number of rotatable bonds is 1. The van der Waals surface area contributed by atoms with Crippen LogP contribution >= 0.6 is 0 Å². The molecule has 64 valence electrons. The third kappa shape index (κ3) is 1.59. The number of nitrogens with zero attached hydrogens (tertiary/aromatic N) is 1. The van der Waals surface area contributed by atoms with E-state index < -0.39 is 0 Å². The topological polar surface area (TPSA) is 12.9 Å². The van der Waals surface area contributed by atoms with E-state index in [2.05, 4.69) is 24.0 Å². The molecule has 0 amide bonds. The summed E-state index contributed by atoms with van der Waals surface area (Å²) >= 11 is 0. The minimum absolute atomic E-state index is 1.02. The molecule has 1 nitrogen and oxygen atoms in total. The van der Waals surface area contributed by atoms with Crippen molar-refractivity contribution in [3.8, 4) is 11.3 Å². The fourth-order valence-corrected chi connectivity index (χ4v) is 1.31. The summed E-state index contributed by atoms with van der Waals surface area (Å²) in [4.78, 5) is 4.32. The molecule has 0 spiro atoms. The van der Waals surface area contributed by atoms with Crippen LogP contribution in [0.15, 0.2) is 42.6 Å². The summed E-state index contributed by atoms with van der Waals surface area (Å²) in [7, 11) is 0. The molecule has 2 rings (SSSR count). The molecule has 0 aliphatic rings. The van der Waals surface area contributed by atoms with Gasteiger partial charge in [0.05, 0.1) is 0 Å². The molecular weight excluding hydrogens is 158 g/mol. The number of aryl methyl sites for hydroxylation is 1. The highest BCUT2D eigenvalue weighted by Crippen LogP contribution is 2.18. The first-order valence-electron chi connectivity index (χ1n) is 4.26. The van der Waals surface area contributed by atoms with Gasteiger partial charge in [-0.15, -0.1) is 35.9 Å². The van der Waals surface area contributed by atoms with Crippen LogP contribution < -0.4 is 0 Å². The Bertz CT molecular complexity index is 393. The van der Waals surface area contributed by atoms with Crippen molar-refractivity contribution in [3.63, 3.8) is 0 Å². The molecule has 0 saturated heterocycles. The quantitative estimate of drug-likeness (QED) is 0.597. The molecule has 0 unspecified atom stereocenters. The predicted octanol–water partition coefficient (Wildman–Crippen LogP) is 2.86. The lowest BCUT2D eigenvalue weighted by atomic mass is 10.1. The second-order valence-corrected chi connectivity index (χ2v) is 2.95. The highest BCUT2D eigenvalue weighted by atomic mass is 14.7. The van der Waals surface area contributed by atoms with Gasteiger partial charge in [0.2, 0.25) is 0 Å². The maximum atomic E-state index is 4.32. The van der Waals surface area contributed by atoms with E-state index in [1.54, 1.807) is 0 Å². The maximum absolute atomic E-state index is 4.32. The lowest BCUT2D eigenvalue weighted by Gasteiger charge is -2.10. The van der Waals surface area contributed by atoms with Gasteiger partial charge in [0.15, 0.2) is 0 Å². The number of aromatic nitrogens is 1. The minimum Gasteiger partial charge on any atom is -0.304 e. The van der Waals surface area contributed by atoms with Gasteiger partial charge in [-0.05, 0) is 18.7 Å². The average Bonchev–Trinajstić information content (AvgIpc) is 2.20. The first-order valence-corrected chi connectivity index (χ1v) is 4.26. The standard InChI is InChI=1S/C12H10N/c1-10-6-5-9-13-12(10)11-7-3-2-4-8-11/h2-7,9H,1H3/q-1. The largest absolute Gasteiger partial charge is 0.304 e. The highest BCUT2D eigenvalue weighted by molar-refractivity contribution is 5.61. The van der Waals surface area contributed by atoms with E-state index >= 15 is 0 Å². The first-order chi connectivity index (χ1) is 6.38. The van der Waals surface area contributed by atoms with Gasteiger partial charge in [-0.3, -0.25) is 0 Å². The molecule has 2 aromatic rings. The van der Waals surface area contributed by atoms with Crippen molar-refractivity contribution in [1.82, 2.24) is 4.98 Å². The smallest absolute Gasteiger partial charge is 0.0160 e. The van der Waals surface area contributed by atoms with E-state index in [-0.39, 0.29) is 0 Å². The number of pyridine rings is 1. The molecule has 0 bridgehead atoms. The van der Waals surface area contributed by atoms with E-state index in [0.29, 0.717) is 0 Å². The minimum atomic E-state index is 1.02. The van der Waals surface area contributed by atoms with Crippen LogP contribution in [0.1, 0.15) is 5.56 Å². The summed E-state index contributed by atoms with van der Waals surface area (Å²) in [6.45, 7) is 2.06. The Balaban J connectivity index is 2.54. The Morgan fingerprint density at radius 3 is 2.77 bits per heavy atom. The molecule has 1 aromatic carbocycles. The Morgan fingerprint density at radius 1 is 1.15 bits per heavy atom. The van der Waals surface area contributed by atoms with Crippen LogP contribution in [0.25, 0.3) is 11.3 Å². The van der Waals surface area contributed by atoms with Gasteiger partial charge in [-0.25, -0.2) is 0 Å². The van der Waals surface area contributed by atoms with E-state index in [4.69, 9.17) is 0 Å². The molecule has 13 heavy (non-hydrogen) atoms.